The second-order valence-electron chi connectivity index (χ2n) is 9.78. The van der Waals surface area contributed by atoms with Gasteiger partial charge < -0.3 is 9.47 Å². The molecule has 33 heavy (non-hydrogen) atoms. The summed E-state index contributed by atoms with van der Waals surface area (Å²) < 4.78 is 1.94. The number of aryl methyl sites for hydroxylation is 1. The van der Waals surface area contributed by atoms with Crippen LogP contribution in [0.15, 0.2) is 53.3 Å². The molecular weight excluding hydrogens is 408 g/mol. The molecule has 0 bridgehead atoms. The molecule has 1 aliphatic heterocycles. The van der Waals surface area contributed by atoms with Gasteiger partial charge in [0.1, 0.15) is 5.69 Å². The van der Waals surface area contributed by atoms with Crippen molar-refractivity contribution in [3.63, 3.8) is 0 Å². The van der Waals surface area contributed by atoms with E-state index in [-0.39, 0.29) is 5.56 Å². The van der Waals surface area contributed by atoms with E-state index in [0.717, 1.165) is 48.2 Å². The van der Waals surface area contributed by atoms with Crippen LogP contribution in [-0.2, 0) is 6.54 Å². The molecule has 1 aromatic heterocycles. The fraction of sp³-hybridized carbons (Fsp3) is 0.500. The first-order valence-electron chi connectivity index (χ1n) is 12.5. The predicted molar refractivity (Wildman–Crippen MR) is 139 cm³/mol. The Balaban J connectivity index is 1.52. The number of anilines is 1. The summed E-state index contributed by atoms with van der Waals surface area (Å²) in [6, 6.07) is 17.5. The lowest BCUT2D eigenvalue weighted by Crippen LogP contribution is -2.44. The molecule has 3 aromatic rings. The van der Waals surface area contributed by atoms with E-state index in [4.69, 9.17) is 4.98 Å². The number of benzene rings is 2. The first-order chi connectivity index (χ1) is 16.0. The summed E-state index contributed by atoms with van der Waals surface area (Å²) >= 11 is 0. The third-order valence-electron chi connectivity index (χ3n) is 7.16. The van der Waals surface area contributed by atoms with Crippen molar-refractivity contribution in [2.24, 2.45) is 0 Å². The second-order valence-corrected chi connectivity index (χ2v) is 9.78. The third-order valence-corrected chi connectivity index (χ3v) is 7.16. The maximum Gasteiger partial charge on any atom is 0.277 e. The van der Waals surface area contributed by atoms with Crippen molar-refractivity contribution < 1.29 is 0 Å². The van der Waals surface area contributed by atoms with Crippen molar-refractivity contribution in [1.29, 1.82) is 0 Å². The summed E-state index contributed by atoms with van der Waals surface area (Å²) in [7, 11) is 4.02. The minimum Gasteiger partial charge on any atom is -0.378 e. The SMILES string of the molecule is C[C@@H]1CCC[C@H](C)N1CCCCCn1c(=O)c(-c2cccc(N(C)C)c2)nc2ccccc21. The topological polar surface area (TPSA) is 41.4 Å². The Morgan fingerprint density at radius 1 is 0.939 bits per heavy atom. The molecule has 0 unspecified atom stereocenters. The van der Waals surface area contributed by atoms with Gasteiger partial charge in [0.05, 0.1) is 11.0 Å². The summed E-state index contributed by atoms with van der Waals surface area (Å²) in [5, 5.41) is 0. The summed E-state index contributed by atoms with van der Waals surface area (Å²) in [4.78, 5) is 23.0. The van der Waals surface area contributed by atoms with Crippen LogP contribution in [0.2, 0.25) is 0 Å². The normalized spacial score (nSPS) is 19.2. The Bertz CT molecular complexity index is 1130. The molecule has 1 fully saturated rings. The average molecular weight is 447 g/mol. The zero-order valence-corrected chi connectivity index (χ0v) is 20.6. The highest BCUT2D eigenvalue weighted by Crippen LogP contribution is 2.24. The zero-order valence-electron chi connectivity index (χ0n) is 20.6. The Morgan fingerprint density at radius 2 is 1.67 bits per heavy atom. The van der Waals surface area contributed by atoms with Gasteiger partial charge in [0.25, 0.3) is 5.56 Å². The molecule has 2 aromatic carbocycles. The molecule has 0 amide bonds. The molecule has 1 saturated heterocycles. The number of rotatable bonds is 8. The van der Waals surface area contributed by atoms with Gasteiger partial charge in [0.15, 0.2) is 0 Å². The van der Waals surface area contributed by atoms with Crippen molar-refractivity contribution in [2.45, 2.75) is 71.0 Å². The number of aromatic nitrogens is 2. The van der Waals surface area contributed by atoms with E-state index < -0.39 is 0 Å². The summed E-state index contributed by atoms with van der Waals surface area (Å²) in [6.07, 6.45) is 7.31. The quantitative estimate of drug-likeness (QED) is 0.425. The van der Waals surface area contributed by atoms with Crippen LogP contribution in [0.4, 0.5) is 5.69 Å². The van der Waals surface area contributed by atoms with Crippen LogP contribution in [0.5, 0.6) is 0 Å². The first kappa shape index (κ1) is 23.5. The monoisotopic (exact) mass is 446 g/mol. The molecule has 0 aliphatic carbocycles. The fourth-order valence-corrected chi connectivity index (χ4v) is 5.19. The van der Waals surface area contributed by atoms with E-state index >= 15 is 0 Å². The first-order valence-corrected chi connectivity index (χ1v) is 12.5. The van der Waals surface area contributed by atoms with Crippen LogP contribution in [0, 0.1) is 0 Å². The lowest BCUT2D eigenvalue weighted by atomic mass is 9.97. The molecule has 0 saturated carbocycles. The minimum absolute atomic E-state index is 0.00267. The van der Waals surface area contributed by atoms with Crippen LogP contribution < -0.4 is 10.5 Å². The van der Waals surface area contributed by atoms with E-state index in [1.54, 1.807) is 0 Å². The number of para-hydroxylation sites is 2. The van der Waals surface area contributed by atoms with Crippen LogP contribution in [0.1, 0.15) is 52.4 Å². The highest BCUT2D eigenvalue weighted by atomic mass is 16.1. The van der Waals surface area contributed by atoms with Gasteiger partial charge >= 0.3 is 0 Å². The number of fused-ring (bicyclic) bond motifs is 1. The molecule has 0 spiro atoms. The fourth-order valence-electron chi connectivity index (χ4n) is 5.19. The molecule has 5 nitrogen and oxygen atoms in total. The third kappa shape index (κ3) is 5.30. The molecule has 0 N–H and O–H groups in total. The lowest BCUT2D eigenvalue weighted by molar-refractivity contribution is 0.101. The van der Waals surface area contributed by atoms with Crippen LogP contribution in [0.3, 0.4) is 0 Å². The largest absolute Gasteiger partial charge is 0.378 e. The Kier molecular flexibility index (Phi) is 7.49. The molecule has 2 atom stereocenters. The zero-order chi connectivity index (χ0) is 23.4. The number of piperidine rings is 1. The Hall–Kier alpha value is -2.66. The van der Waals surface area contributed by atoms with Crippen molar-refractivity contribution in [3.05, 3.63) is 58.9 Å². The smallest absolute Gasteiger partial charge is 0.277 e. The van der Waals surface area contributed by atoms with Crippen LogP contribution >= 0.6 is 0 Å². The van der Waals surface area contributed by atoms with Gasteiger partial charge in [-0.1, -0.05) is 37.1 Å². The molecule has 4 rings (SSSR count). The summed E-state index contributed by atoms with van der Waals surface area (Å²) in [5.74, 6) is 0. The molecule has 176 valence electrons. The van der Waals surface area contributed by atoms with Gasteiger partial charge in [0, 0.05) is 44.0 Å². The average Bonchev–Trinajstić information content (AvgIpc) is 2.81. The Morgan fingerprint density at radius 3 is 2.42 bits per heavy atom. The highest BCUT2D eigenvalue weighted by Gasteiger charge is 2.23. The predicted octanol–water partition coefficient (Wildman–Crippen LogP) is 5.56. The molecule has 0 radical (unpaired) electrons. The molecule has 2 heterocycles. The highest BCUT2D eigenvalue weighted by molar-refractivity contribution is 5.78. The van der Waals surface area contributed by atoms with Gasteiger partial charge in [-0.15, -0.1) is 0 Å². The Labute approximate surface area is 198 Å². The second kappa shape index (κ2) is 10.5. The number of unbranched alkanes of at least 4 members (excludes halogenated alkanes) is 2. The van der Waals surface area contributed by atoms with Crippen LogP contribution in [-0.4, -0.2) is 47.2 Å². The van der Waals surface area contributed by atoms with Gasteiger partial charge in [-0.2, -0.15) is 0 Å². The lowest BCUT2D eigenvalue weighted by Gasteiger charge is -2.39. The van der Waals surface area contributed by atoms with Gasteiger partial charge in [0.2, 0.25) is 0 Å². The molecule has 5 heteroatoms. The van der Waals surface area contributed by atoms with Crippen LogP contribution in [0.25, 0.3) is 22.3 Å². The molecular formula is C28H38N4O. The van der Waals surface area contributed by atoms with Crippen molar-refractivity contribution >= 4 is 16.7 Å². The number of hydrogen-bond donors (Lipinski definition) is 0. The van der Waals surface area contributed by atoms with Crippen molar-refractivity contribution in [1.82, 2.24) is 14.5 Å². The minimum atomic E-state index is 0.00267. The standard InChI is InChI=1S/C28H38N4O/c1-21-12-10-13-22(2)31(21)18-8-5-9-19-32-26-17-7-6-16-25(26)29-27(28(32)33)23-14-11-15-24(20-23)30(3)4/h6-7,11,14-17,20-22H,5,8-10,12-13,18-19H2,1-4H3/t21-,22+. The summed E-state index contributed by atoms with van der Waals surface area (Å²) in [5.41, 5.74) is 4.27. The van der Waals surface area contributed by atoms with Gasteiger partial charge in [-0.25, -0.2) is 4.98 Å². The van der Waals surface area contributed by atoms with E-state index in [1.807, 2.05) is 72.1 Å². The maximum atomic E-state index is 13.5. The number of nitrogens with zero attached hydrogens (tertiary/aromatic N) is 4. The van der Waals surface area contributed by atoms with Crippen molar-refractivity contribution in [2.75, 3.05) is 25.5 Å². The number of likely N-dealkylation sites (tertiary alicyclic amines) is 1. The van der Waals surface area contributed by atoms with E-state index in [1.165, 1.54) is 25.7 Å². The van der Waals surface area contributed by atoms with Gasteiger partial charge in [-0.05, 0) is 70.3 Å². The molecule has 1 aliphatic rings. The van der Waals surface area contributed by atoms with E-state index in [9.17, 15) is 4.79 Å². The summed E-state index contributed by atoms with van der Waals surface area (Å²) in [6.45, 7) is 6.63. The number of hydrogen-bond acceptors (Lipinski definition) is 4. The van der Waals surface area contributed by atoms with E-state index in [2.05, 4.69) is 18.7 Å². The van der Waals surface area contributed by atoms with Gasteiger partial charge in [-0.3, -0.25) is 9.69 Å². The van der Waals surface area contributed by atoms with Crippen molar-refractivity contribution in [3.8, 4) is 11.3 Å². The maximum absolute atomic E-state index is 13.5. The van der Waals surface area contributed by atoms with E-state index in [0.29, 0.717) is 17.8 Å².